The van der Waals surface area contributed by atoms with Crippen LogP contribution >= 0.6 is 11.5 Å². The molecule has 172 valence electrons. The molecule has 0 bridgehead atoms. The third-order valence-electron chi connectivity index (χ3n) is 6.70. The summed E-state index contributed by atoms with van der Waals surface area (Å²) in [6, 6.07) is 0.978. The van der Waals surface area contributed by atoms with Crippen LogP contribution in [-0.2, 0) is 0 Å². The van der Waals surface area contributed by atoms with Crippen molar-refractivity contribution in [3.8, 4) is 5.75 Å². The van der Waals surface area contributed by atoms with E-state index in [9.17, 15) is 9.59 Å². The molecule has 2 aliphatic rings. The summed E-state index contributed by atoms with van der Waals surface area (Å²) in [5, 5.41) is 0.232. The number of hydrogen-bond acceptors (Lipinski definition) is 8. The van der Waals surface area contributed by atoms with Crippen LogP contribution in [0.15, 0.2) is 32.5 Å². The van der Waals surface area contributed by atoms with E-state index in [0.717, 1.165) is 30.8 Å². The Bertz CT molecular complexity index is 1490. The third-order valence-corrected chi connectivity index (χ3v) is 7.58. The lowest BCUT2D eigenvalue weighted by molar-refractivity contribution is 0.371. The third kappa shape index (κ3) is 3.02. The van der Waals surface area contributed by atoms with Gasteiger partial charge in [-0.3, -0.25) is 14.0 Å². The van der Waals surface area contributed by atoms with E-state index in [1.165, 1.54) is 19.4 Å². The van der Waals surface area contributed by atoms with Crippen molar-refractivity contribution in [2.75, 3.05) is 25.1 Å². The van der Waals surface area contributed by atoms with Crippen LogP contribution < -0.4 is 26.4 Å². The van der Waals surface area contributed by atoms with Crippen LogP contribution in [0.3, 0.4) is 0 Å². The monoisotopic (exact) mass is 471 g/mol. The number of nitrogens with two attached hydrogens (primary N) is 1. The second-order valence-corrected chi connectivity index (χ2v) is 9.47. The zero-order valence-corrected chi connectivity index (χ0v) is 18.7. The number of aromatic amines is 1. The molecule has 2 fully saturated rings. The predicted octanol–water partition coefficient (Wildman–Crippen LogP) is 2.90. The quantitative estimate of drug-likeness (QED) is 0.459. The van der Waals surface area contributed by atoms with E-state index in [2.05, 4.69) is 9.36 Å². The van der Waals surface area contributed by atoms with Crippen molar-refractivity contribution >= 4 is 38.3 Å². The van der Waals surface area contributed by atoms with Crippen LogP contribution in [-0.4, -0.2) is 34.1 Å². The Labute approximate surface area is 190 Å². The molecular weight excluding hydrogens is 449 g/mol. The highest BCUT2D eigenvalue weighted by Gasteiger charge is 2.36. The van der Waals surface area contributed by atoms with Crippen molar-refractivity contribution in [1.82, 2.24) is 13.9 Å². The van der Waals surface area contributed by atoms with E-state index in [1.807, 2.05) is 9.47 Å². The lowest BCUT2D eigenvalue weighted by Gasteiger charge is -2.25. The summed E-state index contributed by atoms with van der Waals surface area (Å²) < 4.78 is 31.3. The first kappa shape index (κ1) is 20.4. The van der Waals surface area contributed by atoms with E-state index in [0.29, 0.717) is 40.8 Å². The molecule has 1 saturated carbocycles. The van der Waals surface area contributed by atoms with Crippen LogP contribution in [0, 0.1) is 11.7 Å². The number of ether oxygens (including phenoxy) is 1. The number of methoxy groups -OCH3 is 1. The lowest BCUT2D eigenvalue weighted by atomic mass is 10.00. The summed E-state index contributed by atoms with van der Waals surface area (Å²) in [7, 11) is 1.48. The second-order valence-electron chi connectivity index (χ2n) is 8.67. The van der Waals surface area contributed by atoms with Gasteiger partial charge in [0.25, 0.3) is 5.56 Å². The van der Waals surface area contributed by atoms with Gasteiger partial charge >= 0.3 is 0 Å². The zero-order valence-electron chi connectivity index (χ0n) is 17.8. The smallest absolute Gasteiger partial charge is 0.271 e. The Morgan fingerprint density at radius 1 is 1.36 bits per heavy atom. The van der Waals surface area contributed by atoms with Gasteiger partial charge in [-0.25, -0.2) is 9.37 Å². The molecule has 2 atom stereocenters. The number of hydrogen-bond donors (Lipinski definition) is 2. The maximum absolute atomic E-state index is 15.6. The standard InChI is InChI=1S/C22H22FN5O4S/c1-31-19-16-12(18(29)14-20(30)26-33-22(14)28(16)11-2-3-11)8-13(23)17(19)27-6-4-10(9-27)15(24)21-25-5-7-32-21/h5,7-8,10-11,15H,2-4,6,9,24H2,1H3,(H,26,30)/t10-,15?/m1/s1. The molecule has 1 aliphatic carbocycles. The summed E-state index contributed by atoms with van der Waals surface area (Å²) in [5.41, 5.74) is 6.28. The number of fused-ring (bicyclic) bond motifs is 2. The zero-order chi connectivity index (χ0) is 22.9. The SMILES string of the molecule is COc1c(N2CC[C@@H](C(N)c3ncco3)C2)c(F)cc2c(=O)c3c(=O)[nH]sc3n(C3CC3)c12. The summed E-state index contributed by atoms with van der Waals surface area (Å²) in [4.78, 5) is 32.2. The summed E-state index contributed by atoms with van der Waals surface area (Å²) in [5.74, 6) is 0.226. The first-order chi connectivity index (χ1) is 16.0. The normalized spacial score (nSPS) is 19.6. The van der Waals surface area contributed by atoms with Crippen molar-refractivity contribution < 1.29 is 13.5 Å². The van der Waals surface area contributed by atoms with Gasteiger partial charge in [-0.15, -0.1) is 0 Å². The Morgan fingerprint density at radius 2 is 2.18 bits per heavy atom. The Morgan fingerprint density at radius 3 is 2.88 bits per heavy atom. The van der Waals surface area contributed by atoms with Crippen molar-refractivity contribution in [3.63, 3.8) is 0 Å². The molecule has 0 amide bonds. The number of rotatable bonds is 5. The lowest BCUT2D eigenvalue weighted by Crippen LogP contribution is -2.27. The first-order valence-electron chi connectivity index (χ1n) is 10.8. The number of benzene rings is 1. The maximum Gasteiger partial charge on any atom is 0.271 e. The van der Waals surface area contributed by atoms with Gasteiger partial charge in [-0.2, -0.15) is 0 Å². The highest BCUT2D eigenvalue weighted by atomic mass is 32.1. The van der Waals surface area contributed by atoms with Crippen molar-refractivity contribution in [2.45, 2.75) is 31.3 Å². The molecule has 3 N–H and O–H groups in total. The minimum atomic E-state index is -0.560. The Balaban J connectivity index is 1.53. The topological polar surface area (TPSA) is 119 Å². The first-order valence-corrected chi connectivity index (χ1v) is 11.7. The average Bonchev–Trinajstić information content (AvgIpc) is 3.20. The van der Waals surface area contributed by atoms with Crippen LogP contribution in [0.4, 0.5) is 10.1 Å². The number of aromatic nitrogens is 3. The molecule has 0 radical (unpaired) electrons. The maximum atomic E-state index is 15.6. The molecule has 3 aromatic heterocycles. The van der Waals surface area contributed by atoms with Crippen molar-refractivity contribution in [1.29, 1.82) is 0 Å². The number of pyridine rings is 1. The van der Waals surface area contributed by atoms with Gasteiger partial charge in [-0.05, 0) is 36.9 Å². The molecule has 1 saturated heterocycles. The van der Waals surface area contributed by atoms with Crippen LogP contribution in [0.25, 0.3) is 21.1 Å². The number of anilines is 1. The molecule has 4 heterocycles. The van der Waals surface area contributed by atoms with E-state index >= 15 is 4.39 Å². The number of H-pyrrole nitrogens is 1. The average molecular weight is 472 g/mol. The van der Waals surface area contributed by atoms with Gasteiger partial charge in [0.05, 0.1) is 30.3 Å². The fraction of sp³-hybridized carbons (Fsp3) is 0.409. The van der Waals surface area contributed by atoms with Crippen LogP contribution in [0.2, 0.25) is 0 Å². The summed E-state index contributed by atoms with van der Waals surface area (Å²) >= 11 is 1.13. The van der Waals surface area contributed by atoms with Crippen molar-refractivity contribution in [3.05, 3.63) is 50.8 Å². The fourth-order valence-electron chi connectivity index (χ4n) is 4.97. The van der Waals surface area contributed by atoms with Crippen LogP contribution in [0.5, 0.6) is 5.75 Å². The largest absolute Gasteiger partial charge is 0.492 e. The molecule has 0 spiro atoms. The summed E-state index contributed by atoms with van der Waals surface area (Å²) in [6.45, 7) is 1.07. The van der Waals surface area contributed by atoms with Crippen molar-refractivity contribution in [2.24, 2.45) is 11.7 Å². The molecule has 9 nitrogen and oxygen atoms in total. The fourth-order valence-corrected chi connectivity index (χ4v) is 5.89. The minimum absolute atomic E-state index is 0.0199. The molecule has 1 unspecified atom stereocenters. The highest BCUT2D eigenvalue weighted by Crippen LogP contribution is 2.46. The van der Waals surface area contributed by atoms with Gasteiger partial charge in [-0.1, -0.05) is 0 Å². The highest BCUT2D eigenvalue weighted by molar-refractivity contribution is 7.12. The van der Waals surface area contributed by atoms with Gasteiger partial charge in [0.1, 0.15) is 22.2 Å². The molecule has 6 rings (SSSR count). The van der Waals surface area contributed by atoms with Gasteiger partial charge in [0, 0.05) is 25.0 Å². The number of nitrogens with zero attached hydrogens (tertiary/aromatic N) is 3. The molecule has 1 aliphatic heterocycles. The molecule has 33 heavy (non-hydrogen) atoms. The predicted molar refractivity (Wildman–Crippen MR) is 123 cm³/mol. The minimum Gasteiger partial charge on any atom is -0.492 e. The van der Waals surface area contributed by atoms with Crippen LogP contribution in [0.1, 0.15) is 37.2 Å². The molecule has 11 heteroatoms. The second kappa shape index (κ2) is 7.42. The van der Waals surface area contributed by atoms with E-state index in [1.54, 1.807) is 6.20 Å². The number of halogens is 1. The Kier molecular flexibility index (Phi) is 4.59. The van der Waals surface area contributed by atoms with E-state index in [4.69, 9.17) is 14.9 Å². The number of oxazole rings is 1. The van der Waals surface area contributed by atoms with Gasteiger partial charge < -0.3 is 24.4 Å². The van der Waals surface area contributed by atoms with Gasteiger partial charge in [0.15, 0.2) is 11.6 Å². The summed E-state index contributed by atoms with van der Waals surface area (Å²) in [6.07, 6.45) is 5.62. The number of nitrogens with one attached hydrogen (secondary N) is 1. The van der Waals surface area contributed by atoms with E-state index in [-0.39, 0.29) is 22.7 Å². The Hall–Kier alpha value is -3.18. The molecule has 4 aromatic rings. The van der Waals surface area contributed by atoms with E-state index < -0.39 is 22.8 Å². The van der Waals surface area contributed by atoms with Gasteiger partial charge in [0.2, 0.25) is 11.3 Å². The molecule has 1 aromatic carbocycles. The molecular formula is C22H22FN5O4S.